The molecule has 0 aliphatic rings. The van der Waals surface area contributed by atoms with E-state index in [1.807, 2.05) is 0 Å². The first-order valence-electron chi connectivity index (χ1n) is 22.3. The predicted octanol–water partition coefficient (Wildman–Crippen LogP) is 12.0. The van der Waals surface area contributed by atoms with Crippen molar-refractivity contribution < 1.29 is 29.1 Å². The van der Waals surface area contributed by atoms with Crippen LogP contribution in [-0.2, 0) is 0 Å². The molecule has 8 aromatic carbocycles. The fourth-order valence-corrected chi connectivity index (χ4v) is 5.59. The van der Waals surface area contributed by atoms with Gasteiger partial charge in [0.25, 0.3) is 0 Å². The van der Waals surface area contributed by atoms with Gasteiger partial charge in [-0.05, 0) is 95.9 Å². The lowest BCUT2D eigenvalue weighted by Crippen LogP contribution is -1.91. The van der Waals surface area contributed by atoms with Gasteiger partial charge in [0, 0.05) is 10.8 Å². The summed E-state index contributed by atoms with van der Waals surface area (Å²) in [6.45, 7) is 0. The van der Waals surface area contributed by atoms with Crippen LogP contribution in [0.25, 0.3) is 87.6 Å². The number of hydrogen-bond acceptors (Lipinski definition) is 1. The minimum absolute atomic E-state index is 0.0762. The second kappa shape index (κ2) is 9.44. The summed E-state index contributed by atoms with van der Waals surface area (Å²) in [5.41, 5.74) is -1.30. The topological polar surface area (TPSA) is 13.1 Å². The molecular formula is C42H26O. The smallest absolute Gasteiger partial charge is 0.136 e. The van der Waals surface area contributed by atoms with Gasteiger partial charge in [0.15, 0.2) is 0 Å². The molecule has 9 aromatic rings. The van der Waals surface area contributed by atoms with Gasteiger partial charge in [-0.25, -0.2) is 0 Å². The SMILES string of the molecule is [2H]c1c([2H])c(-c2c([2H])c([2H])c3c([2H])c([2H])c([2H])c([2H])c3c2[2H])c([2H])c(-c2c3ccccc3c(-c3c([2H])c([2H])c4c(oc5c([2H])c([2H])c([2H])c([2H])c54)c3[2H])c3ccccc23)c1[2H]. The van der Waals surface area contributed by atoms with Crippen LogP contribution in [0.3, 0.4) is 0 Å². The van der Waals surface area contributed by atoms with Gasteiger partial charge in [-0.1, -0.05) is 127 Å². The lowest BCUT2D eigenvalue weighted by atomic mass is 9.85. The molecule has 200 valence electrons. The molecule has 0 saturated carbocycles. The Hall–Kier alpha value is -5.66. The van der Waals surface area contributed by atoms with E-state index in [0.29, 0.717) is 21.5 Å². The fraction of sp³-hybridized carbons (Fsp3) is 0. The first kappa shape index (κ1) is 12.3. The van der Waals surface area contributed by atoms with Crippen molar-refractivity contribution in [3.05, 3.63) is 157 Å². The van der Waals surface area contributed by atoms with Crippen molar-refractivity contribution in [1.82, 2.24) is 0 Å². The van der Waals surface area contributed by atoms with Crippen molar-refractivity contribution in [3.63, 3.8) is 0 Å². The Kier molecular flexibility index (Phi) is 2.70. The molecule has 0 aliphatic carbocycles. The van der Waals surface area contributed by atoms with Crippen LogP contribution >= 0.6 is 0 Å². The molecule has 1 heteroatoms. The van der Waals surface area contributed by atoms with E-state index in [1.54, 1.807) is 48.5 Å². The maximum absolute atomic E-state index is 9.66. The second-order valence-corrected chi connectivity index (χ2v) is 9.85. The quantitative estimate of drug-likeness (QED) is 0.195. The average molecular weight is 565 g/mol. The number of fused-ring (bicyclic) bond motifs is 6. The van der Waals surface area contributed by atoms with E-state index < -0.39 is 119 Å². The summed E-state index contributed by atoms with van der Waals surface area (Å²) >= 11 is 0. The average Bonchev–Trinajstić information content (AvgIpc) is 3.66. The highest BCUT2D eigenvalue weighted by Crippen LogP contribution is 2.45. The number of hydrogen-bond donors (Lipinski definition) is 0. The predicted molar refractivity (Wildman–Crippen MR) is 183 cm³/mol. The second-order valence-electron chi connectivity index (χ2n) is 9.85. The largest absolute Gasteiger partial charge is 0.456 e. The Morgan fingerprint density at radius 2 is 0.930 bits per heavy atom. The minimum atomic E-state index is -0.719. The van der Waals surface area contributed by atoms with Gasteiger partial charge < -0.3 is 4.42 Å². The van der Waals surface area contributed by atoms with E-state index >= 15 is 0 Å². The Morgan fingerprint density at radius 3 is 1.67 bits per heavy atom. The van der Waals surface area contributed by atoms with E-state index in [9.17, 15) is 5.48 Å². The third-order valence-electron chi connectivity index (χ3n) is 7.44. The summed E-state index contributed by atoms with van der Waals surface area (Å²) in [7, 11) is 0. The molecule has 0 unspecified atom stereocenters. The van der Waals surface area contributed by atoms with Crippen molar-refractivity contribution >= 4 is 54.3 Å². The normalized spacial score (nSPS) is 17.6. The summed E-state index contributed by atoms with van der Waals surface area (Å²) in [5.74, 6) is 0. The Balaban J connectivity index is 1.42. The number of benzene rings is 8. The van der Waals surface area contributed by atoms with Crippen LogP contribution in [0.15, 0.2) is 162 Å². The van der Waals surface area contributed by atoms with Gasteiger partial charge in [-0.15, -0.1) is 0 Å². The van der Waals surface area contributed by atoms with Gasteiger partial charge in [0.05, 0.1) is 24.7 Å². The molecule has 0 spiro atoms. The Labute approximate surface area is 274 Å². The summed E-state index contributed by atoms with van der Waals surface area (Å²) in [5, 5.41) is 0.330. The zero-order valence-corrected chi connectivity index (χ0v) is 22.0. The highest BCUT2D eigenvalue weighted by atomic mass is 16.3. The van der Waals surface area contributed by atoms with Crippen molar-refractivity contribution in [3.8, 4) is 33.4 Å². The third-order valence-corrected chi connectivity index (χ3v) is 7.44. The molecule has 43 heavy (non-hydrogen) atoms. The molecule has 0 aliphatic heterocycles. The Bertz CT molecular complexity index is 3460. The molecule has 1 heterocycles. The molecule has 9 rings (SSSR count). The molecule has 0 amide bonds. The first-order valence-corrected chi connectivity index (χ1v) is 13.3. The van der Waals surface area contributed by atoms with Crippen molar-refractivity contribution in [2.75, 3.05) is 0 Å². The standard InChI is InChI=1S/C42H26O/c1-2-11-28-24-30(21-20-27(28)10-1)29-12-9-13-31(25-29)41-35-15-3-5-17-37(35)42(38-18-6-4-16-36(38)41)32-22-23-34-33-14-7-8-19-39(33)43-40(34)26-32/h1-26H/i1D,2D,7D,8D,9D,10D,11D,12D,13D,14D,19D,20D,21D,22D,23D,24D,25D,26D. The summed E-state index contributed by atoms with van der Waals surface area (Å²) in [6, 6.07) is 2.62. The van der Waals surface area contributed by atoms with Crippen molar-refractivity contribution in [2.45, 2.75) is 0 Å². The van der Waals surface area contributed by atoms with Crippen LogP contribution in [0.4, 0.5) is 0 Å². The van der Waals surface area contributed by atoms with E-state index in [4.69, 9.17) is 23.6 Å². The first-order chi connectivity index (χ1) is 28.8. The Morgan fingerprint density at radius 1 is 0.372 bits per heavy atom. The monoisotopic (exact) mass is 564 g/mol. The molecule has 0 fully saturated rings. The maximum atomic E-state index is 9.66. The van der Waals surface area contributed by atoms with Crippen LogP contribution in [-0.4, -0.2) is 0 Å². The summed E-state index contributed by atoms with van der Waals surface area (Å²) in [4.78, 5) is 0. The van der Waals surface area contributed by atoms with E-state index in [-0.39, 0.29) is 55.6 Å². The van der Waals surface area contributed by atoms with Crippen LogP contribution in [0, 0.1) is 0 Å². The zero-order chi connectivity index (χ0) is 44.0. The lowest BCUT2D eigenvalue weighted by molar-refractivity contribution is 0.669. The van der Waals surface area contributed by atoms with Gasteiger partial charge in [0.2, 0.25) is 0 Å². The molecule has 0 bridgehead atoms. The number of rotatable bonds is 3. The molecule has 1 nitrogen and oxygen atoms in total. The van der Waals surface area contributed by atoms with Gasteiger partial charge in [0.1, 0.15) is 11.2 Å². The lowest BCUT2D eigenvalue weighted by Gasteiger charge is -2.18. The zero-order valence-electron chi connectivity index (χ0n) is 40.0. The third kappa shape index (κ3) is 3.79. The molecule has 0 atom stereocenters. The van der Waals surface area contributed by atoms with Crippen molar-refractivity contribution in [2.24, 2.45) is 0 Å². The summed E-state index contributed by atoms with van der Waals surface area (Å²) in [6.07, 6.45) is 0. The van der Waals surface area contributed by atoms with E-state index in [2.05, 4.69) is 0 Å². The summed E-state index contributed by atoms with van der Waals surface area (Å²) < 4.78 is 165. The molecule has 0 saturated heterocycles. The van der Waals surface area contributed by atoms with Crippen LogP contribution in [0.2, 0.25) is 0 Å². The molecule has 0 radical (unpaired) electrons. The highest BCUT2D eigenvalue weighted by molar-refractivity contribution is 6.22. The van der Waals surface area contributed by atoms with Crippen LogP contribution in [0.1, 0.15) is 24.7 Å². The van der Waals surface area contributed by atoms with Crippen molar-refractivity contribution in [1.29, 1.82) is 0 Å². The van der Waals surface area contributed by atoms with Gasteiger partial charge in [-0.3, -0.25) is 0 Å². The maximum Gasteiger partial charge on any atom is 0.136 e. The van der Waals surface area contributed by atoms with Gasteiger partial charge in [-0.2, -0.15) is 0 Å². The van der Waals surface area contributed by atoms with E-state index in [1.165, 1.54) is 0 Å². The highest BCUT2D eigenvalue weighted by Gasteiger charge is 2.18. The molecular weight excluding hydrogens is 520 g/mol. The number of para-hydroxylation sites is 1. The molecule has 0 N–H and O–H groups in total. The van der Waals surface area contributed by atoms with E-state index in [0.717, 1.165) is 0 Å². The van der Waals surface area contributed by atoms with Crippen LogP contribution in [0.5, 0.6) is 0 Å². The van der Waals surface area contributed by atoms with Crippen LogP contribution < -0.4 is 0 Å². The molecule has 1 aromatic heterocycles. The van der Waals surface area contributed by atoms with Gasteiger partial charge >= 0.3 is 0 Å². The fourth-order valence-electron chi connectivity index (χ4n) is 5.59. The number of furan rings is 1. The minimum Gasteiger partial charge on any atom is -0.456 e.